The van der Waals surface area contributed by atoms with E-state index >= 15 is 0 Å². The SMILES string of the molecule is Cc1ccc(Br)cc1S(=O)(=O)Nc1ccc(C#N)cc1Br. The molecule has 0 unspecified atom stereocenters. The third-order valence-corrected chi connectivity index (χ3v) is 5.44. The summed E-state index contributed by atoms with van der Waals surface area (Å²) in [7, 11) is -3.70. The van der Waals surface area contributed by atoms with Gasteiger partial charge in [-0.05, 0) is 58.7 Å². The van der Waals surface area contributed by atoms with Crippen LogP contribution in [-0.2, 0) is 10.0 Å². The number of sulfonamides is 1. The molecule has 0 heterocycles. The van der Waals surface area contributed by atoms with Crippen molar-refractivity contribution in [3.05, 3.63) is 56.5 Å². The van der Waals surface area contributed by atoms with Crippen molar-refractivity contribution in [1.29, 1.82) is 5.26 Å². The van der Waals surface area contributed by atoms with Crippen molar-refractivity contribution in [2.24, 2.45) is 0 Å². The van der Waals surface area contributed by atoms with E-state index in [1.54, 1.807) is 43.3 Å². The summed E-state index contributed by atoms with van der Waals surface area (Å²) in [6.45, 7) is 1.73. The van der Waals surface area contributed by atoms with Gasteiger partial charge >= 0.3 is 0 Å². The fourth-order valence-electron chi connectivity index (χ4n) is 1.73. The van der Waals surface area contributed by atoms with E-state index in [1.165, 1.54) is 0 Å². The van der Waals surface area contributed by atoms with Crippen LogP contribution in [0.4, 0.5) is 5.69 Å². The Labute approximate surface area is 140 Å². The summed E-state index contributed by atoms with van der Waals surface area (Å²) < 4.78 is 28.6. The Kier molecular flexibility index (Phi) is 4.71. The molecule has 2 aromatic rings. The first-order valence-electron chi connectivity index (χ1n) is 5.82. The maximum atomic E-state index is 12.5. The molecule has 0 fully saturated rings. The first-order valence-corrected chi connectivity index (χ1v) is 8.89. The average molecular weight is 430 g/mol. The van der Waals surface area contributed by atoms with Gasteiger partial charge in [0.25, 0.3) is 10.0 Å². The minimum atomic E-state index is -3.70. The second kappa shape index (κ2) is 6.18. The summed E-state index contributed by atoms with van der Waals surface area (Å²) in [6, 6.07) is 11.7. The fraction of sp³-hybridized carbons (Fsp3) is 0.0714. The molecule has 0 aliphatic carbocycles. The highest BCUT2D eigenvalue weighted by atomic mass is 79.9. The number of hydrogen-bond donors (Lipinski definition) is 1. The topological polar surface area (TPSA) is 70.0 Å². The van der Waals surface area contributed by atoms with Gasteiger partial charge in [0, 0.05) is 8.95 Å². The molecule has 0 amide bonds. The van der Waals surface area contributed by atoms with Crippen LogP contribution in [0.5, 0.6) is 0 Å². The molecule has 2 rings (SSSR count). The lowest BCUT2D eigenvalue weighted by Crippen LogP contribution is -2.14. The van der Waals surface area contributed by atoms with E-state index in [0.29, 0.717) is 25.8 Å². The Bertz CT molecular complexity index is 843. The molecule has 0 aliphatic heterocycles. The largest absolute Gasteiger partial charge is 0.278 e. The summed E-state index contributed by atoms with van der Waals surface area (Å²) >= 11 is 6.53. The Morgan fingerprint density at radius 3 is 2.48 bits per heavy atom. The monoisotopic (exact) mass is 428 g/mol. The second-order valence-corrected chi connectivity index (χ2v) is 7.74. The molecule has 1 N–H and O–H groups in total. The number of halogens is 2. The highest BCUT2D eigenvalue weighted by molar-refractivity contribution is 9.10. The highest BCUT2D eigenvalue weighted by Gasteiger charge is 2.18. The van der Waals surface area contributed by atoms with Gasteiger partial charge in [-0.3, -0.25) is 4.72 Å². The maximum Gasteiger partial charge on any atom is 0.262 e. The Morgan fingerprint density at radius 2 is 1.86 bits per heavy atom. The number of anilines is 1. The summed E-state index contributed by atoms with van der Waals surface area (Å²) in [5, 5.41) is 8.82. The Morgan fingerprint density at radius 1 is 1.14 bits per heavy atom. The van der Waals surface area contributed by atoms with Crippen LogP contribution in [-0.4, -0.2) is 8.42 Å². The lowest BCUT2D eigenvalue weighted by Gasteiger charge is -2.12. The normalized spacial score (nSPS) is 11.0. The quantitative estimate of drug-likeness (QED) is 0.794. The molecule has 0 aliphatic rings. The minimum absolute atomic E-state index is 0.202. The van der Waals surface area contributed by atoms with Crippen molar-refractivity contribution < 1.29 is 8.42 Å². The molecule has 108 valence electrons. The van der Waals surface area contributed by atoms with Crippen LogP contribution >= 0.6 is 31.9 Å². The second-order valence-electron chi connectivity index (χ2n) is 4.32. The summed E-state index contributed by atoms with van der Waals surface area (Å²) in [6.07, 6.45) is 0. The van der Waals surface area contributed by atoms with E-state index in [2.05, 4.69) is 36.6 Å². The van der Waals surface area contributed by atoms with Gasteiger partial charge in [0.1, 0.15) is 0 Å². The van der Waals surface area contributed by atoms with E-state index in [1.807, 2.05) is 6.07 Å². The van der Waals surface area contributed by atoms with Gasteiger partial charge in [-0.15, -0.1) is 0 Å². The van der Waals surface area contributed by atoms with Gasteiger partial charge in [-0.1, -0.05) is 22.0 Å². The van der Waals surface area contributed by atoms with Crippen molar-refractivity contribution in [3.8, 4) is 6.07 Å². The molecule has 0 bridgehead atoms. The smallest absolute Gasteiger partial charge is 0.262 e. The zero-order valence-electron chi connectivity index (χ0n) is 10.9. The number of benzene rings is 2. The first kappa shape index (κ1) is 16.0. The van der Waals surface area contributed by atoms with Crippen LogP contribution in [0.3, 0.4) is 0 Å². The van der Waals surface area contributed by atoms with Crippen LogP contribution in [0.15, 0.2) is 50.2 Å². The standard InChI is InChI=1S/C14H10Br2N2O2S/c1-9-2-4-11(15)7-14(9)21(19,20)18-13-5-3-10(8-17)6-12(13)16/h2-7,18H,1H3. The summed E-state index contributed by atoms with van der Waals surface area (Å²) in [4.78, 5) is 0.202. The van der Waals surface area contributed by atoms with Crippen molar-refractivity contribution >= 4 is 47.6 Å². The molecular formula is C14H10Br2N2O2S. The number of nitrogens with one attached hydrogen (secondary N) is 1. The van der Waals surface area contributed by atoms with Crippen LogP contribution in [0.1, 0.15) is 11.1 Å². The van der Waals surface area contributed by atoms with E-state index in [4.69, 9.17) is 5.26 Å². The van der Waals surface area contributed by atoms with Gasteiger partial charge in [-0.2, -0.15) is 5.26 Å². The van der Waals surface area contributed by atoms with E-state index in [9.17, 15) is 8.42 Å². The average Bonchev–Trinajstić information content (AvgIpc) is 2.43. The Hall–Kier alpha value is -1.36. The number of aryl methyl sites for hydroxylation is 1. The molecule has 0 spiro atoms. The molecule has 2 aromatic carbocycles. The van der Waals surface area contributed by atoms with E-state index < -0.39 is 10.0 Å². The molecule has 0 radical (unpaired) electrons. The number of hydrogen-bond acceptors (Lipinski definition) is 3. The van der Waals surface area contributed by atoms with Crippen molar-refractivity contribution in [2.45, 2.75) is 11.8 Å². The van der Waals surface area contributed by atoms with Crippen LogP contribution in [0.2, 0.25) is 0 Å². The third-order valence-electron chi connectivity index (χ3n) is 2.78. The predicted octanol–water partition coefficient (Wildman–Crippen LogP) is 4.19. The van der Waals surface area contributed by atoms with E-state index in [-0.39, 0.29) is 4.90 Å². The number of nitriles is 1. The number of rotatable bonds is 3. The summed E-state index contributed by atoms with van der Waals surface area (Å²) in [5.74, 6) is 0. The first-order chi connectivity index (χ1) is 9.83. The van der Waals surface area contributed by atoms with Crippen molar-refractivity contribution in [3.63, 3.8) is 0 Å². The van der Waals surface area contributed by atoms with Gasteiger partial charge < -0.3 is 0 Å². The molecule has 4 nitrogen and oxygen atoms in total. The van der Waals surface area contributed by atoms with Crippen molar-refractivity contribution in [2.75, 3.05) is 4.72 Å². The molecule has 0 saturated carbocycles. The zero-order chi connectivity index (χ0) is 15.6. The Balaban J connectivity index is 2.43. The lowest BCUT2D eigenvalue weighted by atomic mass is 10.2. The molecule has 7 heteroatoms. The molecule has 0 aromatic heterocycles. The predicted molar refractivity (Wildman–Crippen MR) is 88.5 cm³/mol. The lowest BCUT2D eigenvalue weighted by molar-refractivity contribution is 0.600. The molecular weight excluding hydrogens is 420 g/mol. The van der Waals surface area contributed by atoms with Gasteiger partial charge in [-0.25, -0.2) is 8.42 Å². The molecule has 21 heavy (non-hydrogen) atoms. The third kappa shape index (κ3) is 3.64. The van der Waals surface area contributed by atoms with Gasteiger partial charge in [0.2, 0.25) is 0 Å². The van der Waals surface area contributed by atoms with Crippen LogP contribution < -0.4 is 4.72 Å². The molecule has 0 atom stereocenters. The van der Waals surface area contributed by atoms with Crippen LogP contribution in [0.25, 0.3) is 0 Å². The van der Waals surface area contributed by atoms with Crippen molar-refractivity contribution in [1.82, 2.24) is 0 Å². The minimum Gasteiger partial charge on any atom is -0.278 e. The summed E-state index contributed by atoms with van der Waals surface area (Å²) in [5.41, 5.74) is 1.48. The fourth-order valence-corrected chi connectivity index (χ4v) is 4.20. The highest BCUT2D eigenvalue weighted by Crippen LogP contribution is 2.28. The van der Waals surface area contributed by atoms with Gasteiger partial charge in [0.05, 0.1) is 22.2 Å². The van der Waals surface area contributed by atoms with Gasteiger partial charge in [0.15, 0.2) is 0 Å². The van der Waals surface area contributed by atoms with Crippen LogP contribution in [0, 0.1) is 18.3 Å². The zero-order valence-corrected chi connectivity index (χ0v) is 14.9. The maximum absolute atomic E-state index is 12.5. The molecule has 0 saturated heterocycles. The number of nitrogens with zero attached hydrogens (tertiary/aromatic N) is 1. The van der Waals surface area contributed by atoms with E-state index in [0.717, 1.165) is 0 Å².